The fourth-order valence-electron chi connectivity index (χ4n) is 2.78. The summed E-state index contributed by atoms with van der Waals surface area (Å²) in [6.07, 6.45) is 5.77. The lowest BCUT2D eigenvalue weighted by atomic mass is 9.78. The average Bonchev–Trinajstić information content (AvgIpc) is 2.28. The van der Waals surface area contributed by atoms with Crippen molar-refractivity contribution in [3.63, 3.8) is 0 Å². The van der Waals surface area contributed by atoms with Gasteiger partial charge in [0, 0.05) is 0 Å². The molecule has 1 aliphatic carbocycles. The molecule has 0 aliphatic heterocycles. The predicted octanol–water partition coefficient (Wildman–Crippen LogP) is 1.45. The molecule has 0 spiro atoms. The third kappa shape index (κ3) is 2.43. The molecule has 3 N–H and O–H groups in total. The Hall–Kier alpha value is -1.52. The van der Waals surface area contributed by atoms with Gasteiger partial charge >= 0.3 is 5.69 Å². The molecule has 5 heteroatoms. The molecule has 1 aliphatic rings. The minimum absolute atomic E-state index is 0.0177. The largest absolute Gasteiger partial charge is 0.494 e. The normalized spacial score (nSPS) is 19.1. The molecule has 1 heterocycles. The Morgan fingerprint density at radius 3 is 2.41 bits per heavy atom. The van der Waals surface area contributed by atoms with Gasteiger partial charge in [-0.15, -0.1) is 0 Å². The van der Waals surface area contributed by atoms with Crippen LogP contribution < -0.4 is 11.2 Å². The second kappa shape index (κ2) is 4.77. The lowest BCUT2D eigenvalue weighted by Gasteiger charge is -2.27. The number of rotatable bonds is 2. The van der Waals surface area contributed by atoms with Crippen molar-refractivity contribution >= 4 is 0 Å². The number of aromatic amines is 2. The van der Waals surface area contributed by atoms with Gasteiger partial charge in [-0.3, -0.25) is 14.8 Å². The van der Waals surface area contributed by atoms with Crippen LogP contribution in [0.15, 0.2) is 9.59 Å². The highest BCUT2D eigenvalue weighted by molar-refractivity contribution is 5.25. The van der Waals surface area contributed by atoms with Crippen LogP contribution in [-0.4, -0.2) is 15.1 Å². The van der Waals surface area contributed by atoms with Crippen LogP contribution in [0.25, 0.3) is 0 Å². The van der Waals surface area contributed by atoms with Gasteiger partial charge < -0.3 is 5.11 Å². The zero-order valence-electron chi connectivity index (χ0n) is 9.95. The van der Waals surface area contributed by atoms with E-state index in [-0.39, 0.29) is 11.8 Å². The Bertz CT molecular complexity index is 497. The summed E-state index contributed by atoms with van der Waals surface area (Å²) in [6.45, 7) is 1.94. The summed E-state index contributed by atoms with van der Waals surface area (Å²) in [7, 11) is 0. The molecule has 0 radical (unpaired) electrons. The van der Waals surface area contributed by atoms with E-state index in [4.69, 9.17) is 0 Å². The molecular formula is C12H18N2O3. The van der Waals surface area contributed by atoms with E-state index in [1.807, 2.05) is 6.92 Å². The maximum absolute atomic E-state index is 11.7. The summed E-state index contributed by atoms with van der Waals surface area (Å²) < 4.78 is 0. The van der Waals surface area contributed by atoms with Crippen LogP contribution >= 0.6 is 0 Å². The number of hydrogen-bond donors (Lipinski definition) is 3. The van der Waals surface area contributed by atoms with Crippen LogP contribution in [0.3, 0.4) is 0 Å². The molecule has 94 valence electrons. The summed E-state index contributed by atoms with van der Waals surface area (Å²) in [5.41, 5.74) is -0.812. The lowest BCUT2D eigenvalue weighted by molar-refractivity contribution is 0.307. The quantitative estimate of drug-likeness (QED) is 0.729. The first-order valence-corrected chi connectivity index (χ1v) is 6.15. The van der Waals surface area contributed by atoms with Crippen LogP contribution in [0.1, 0.15) is 50.5 Å². The van der Waals surface area contributed by atoms with Gasteiger partial charge in [0.15, 0.2) is 0 Å². The molecule has 5 nitrogen and oxygen atoms in total. The minimum Gasteiger partial charge on any atom is -0.494 e. The smallest absolute Gasteiger partial charge is 0.328 e. The van der Waals surface area contributed by atoms with Gasteiger partial charge in [0.1, 0.15) is 0 Å². The van der Waals surface area contributed by atoms with Crippen LogP contribution in [0.5, 0.6) is 5.88 Å². The standard InChI is InChI=1S/C12H18N2O3/c1-7(8-5-3-2-4-6-8)9-10(15)13-12(17)14-11(9)16/h7-8H,2-6H2,1H3,(H3,13,14,15,16,17). The van der Waals surface area contributed by atoms with Gasteiger partial charge in [0.25, 0.3) is 5.56 Å². The number of nitrogens with one attached hydrogen (secondary N) is 2. The first kappa shape index (κ1) is 12.0. The Morgan fingerprint density at radius 2 is 1.82 bits per heavy atom. The highest BCUT2D eigenvalue weighted by atomic mass is 16.3. The van der Waals surface area contributed by atoms with E-state index in [0.717, 1.165) is 12.8 Å². The molecule has 0 aromatic carbocycles. The van der Waals surface area contributed by atoms with Gasteiger partial charge in [-0.05, 0) is 24.7 Å². The van der Waals surface area contributed by atoms with Crippen molar-refractivity contribution in [1.82, 2.24) is 9.97 Å². The third-order valence-electron chi connectivity index (χ3n) is 3.77. The highest BCUT2D eigenvalue weighted by Gasteiger charge is 2.26. The first-order chi connectivity index (χ1) is 8.09. The molecule has 0 bridgehead atoms. The maximum atomic E-state index is 11.7. The van der Waals surface area contributed by atoms with Crippen molar-refractivity contribution in [2.45, 2.75) is 44.9 Å². The van der Waals surface area contributed by atoms with Crippen molar-refractivity contribution in [2.24, 2.45) is 5.92 Å². The number of aromatic nitrogens is 2. The van der Waals surface area contributed by atoms with Gasteiger partial charge in [-0.25, -0.2) is 4.79 Å². The minimum atomic E-state index is -0.660. The van der Waals surface area contributed by atoms with E-state index < -0.39 is 11.2 Å². The van der Waals surface area contributed by atoms with Gasteiger partial charge in [0.05, 0.1) is 5.56 Å². The second-order valence-corrected chi connectivity index (χ2v) is 4.86. The SMILES string of the molecule is CC(c1c(O)[nH]c(=O)[nH]c1=O)C1CCCCC1. The second-order valence-electron chi connectivity index (χ2n) is 4.86. The summed E-state index contributed by atoms with van der Waals surface area (Å²) in [5, 5.41) is 9.70. The van der Waals surface area contributed by atoms with Crippen LogP contribution in [0.2, 0.25) is 0 Å². The van der Waals surface area contributed by atoms with E-state index in [0.29, 0.717) is 11.5 Å². The summed E-state index contributed by atoms with van der Waals surface area (Å²) in [4.78, 5) is 27.1. The number of H-pyrrole nitrogens is 2. The molecule has 2 rings (SSSR count). The molecular weight excluding hydrogens is 220 g/mol. The molecule has 1 unspecified atom stereocenters. The van der Waals surface area contributed by atoms with Crippen molar-refractivity contribution in [2.75, 3.05) is 0 Å². The Labute approximate surface area is 98.9 Å². The number of hydrogen-bond acceptors (Lipinski definition) is 3. The van der Waals surface area contributed by atoms with Crippen molar-refractivity contribution in [3.8, 4) is 5.88 Å². The fraction of sp³-hybridized carbons (Fsp3) is 0.667. The summed E-state index contributed by atoms with van der Waals surface area (Å²) in [5.74, 6) is 0.120. The third-order valence-corrected chi connectivity index (χ3v) is 3.77. The lowest BCUT2D eigenvalue weighted by Crippen LogP contribution is -2.28. The molecule has 0 saturated heterocycles. The monoisotopic (exact) mass is 238 g/mol. The van der Waals surface area contributed by atoms with Crippen molar-refractivity contribution in [3.05, 3.63) is 26.4 Å². The van der Waals surface area contributed by atoms with E-state index >= 15 is 0 Å². The molecule has 1 aromatic rings. The average molecular weight is 238 g/mol. The Morgan fingerprint density at radius 1 is 1.18 bits per heavy atom. The zero-order valence-corrected chi connectivity index (χ0v) is 9.95. The fourth-order valence-corrected chi connectivity index (χ4v) is 2.78. The Kier molecular flexibility index (Phi) is 3.36. The molecule has 1 aromatic heterocycles. The van der Waals surface area contributed by atoms with E-state index in [2.05, 4.69) is 9.97 Å². The van der Waals surface area contributed by atoms with Crippen LogP contribution in [-0.2, 0) is 0 Å². The van der Waals surface area contributed by atoms with E-state index in [1.54, 1.807) is 0 Å². The predicted molar refractivity (Wildman–Crippen MR) is 64.3 cm³/mol. The molecule has 1 saturated carbocycles. The summed E-state index contributed by atoms with van der Waals surface area (Å²) in [6, 6.07) is 0. The molecule has 1 fully saturated rings. The molecule has 0 amide bonds. The van der Waals surface area contributed by atoms with E-state index in [1.165, 1.54) is 19.3 Å². The van der Waals surface area contributed by atoms with E-state index in [9.17, 15) is 14.7 Å². The number of aromatic hydroxyl groups is 1. The molecule has 1 atom stereocenters. The van der Waals surface area contributed by atoms with Gasteiger partial charge in [-0.1, -0.05) is 26.2 Å². The topological polar surface area (TPSA) is 85.9 Å². The van der Waals surface area contributed by atoms with Crippen LogP contribution in [0.4, 0.5) is 0 Å². The summed E-state index contributed by atoms with van der Waals surface area (Å²) >= 11 is 0. The van der Waals surface area contributed by atoms with Crippen molar-refractivity contribution in [1.29, 1.82) is 0 Å². The maximum Gasteiger partial charge on any atom is 0.328 e. The zero-order chi connectivity index (χ0) is 12.4. The van der Waals surface area contributed by atoms with Crippen LogP contribution in [0, 0.1) is 5.92 Å². The van der Waals surface area contributed by atoms with Gasteiger partial charge in [-0.2, -0.15) is 0 Å². The first-order valence-electron chi connectivity index (χ1n) is 6.15. The van der Waals surface area contributed by atoms with Crippen molar-refractivity contribution < 1.29 is 5.11 Å². The Balaban J connectivity index is 2.33. The van der Waals surface area contributed by atoms with Gasteiger partial charge in [0.2, 0.25) is 5.88 Å². The highest BCUT2D eigenvalue weighted by Crippen LogP contribution is 2.36. The molecule has 17 heavy (non-hydrogen) atoms.